The lowest BCUT2D eigenvalue weighted by Gasteiger charge is -2.31. The summed E-state index contributed by atoms with van der Waals surface area (Å²) in [5.41, 5.74) is 0.190. The fourth-order valence-electron chi connectivity index (χ4n) is 1.64. The summed E-state index contributed by atoms with van der Waals surface area (Å²) in [6.07, 6.45) is 1.90. The number of rotatable bonds is 13. The smallest absolute Gasteiger partial charge is 0.423 e. The quantitative estimate of drug-likeness (QED) is 0.155. The van der Waals surface area contributed by atoms with Gasteiger partial charge in [0.25, 0.3) is 0 Å². The van der Waals surface area contributed by atoms with Crippen LogP contribution in [0.15, 0.2) is 36.5 Å². The predicted molar refractivity (Wildman–Crippen MR) is 104 cm³/mol. The van der Waals surface area contributed by atoms with E-state index in [1.54, 1.807) is 0 Å². The Balaban J connectivity index is 5.47. The lowest BCUT2D eigenvalue weighted by atomic mass is 10.3. The van der Waals surface area contributed by atoms with E-state index in [0.29, 0.717) is 12.7 Å². The van der Waals surface area contributed by atoms with E-state index in [0.717, 1.165) is 12.8 Å². The molecule has 27 heavy (non-hydrogen) atoms. The molecule has 7 nitrogen and oxygen atoms in total. The van der Waals surface area contributed by atoms with Crippen LogP contribution in [0.4, 0.5) is 0 Å². The molecule has 0 aromatic carbocycles. The van der Waals surface area contributed by atoms with Crippen molar-refractivity contribution in [1.29, 1.82) is 0 Å². The lowest BCUT2D eigenvalue weighted by molar-refractivity contribution is -0.326. The summed E-state index contributed by atoms with van der Waals surface area (Å²) in [5.74, 6) is -4.78. The molecule has 0 aromatic rings. The maximum absolute atomic E-state index is 12.1. The first kappa shape index (κ1) is 24.8. The van der Waals surface area contributed by atoms with Gasteiger partial charge in [0.05, 0.1) is 6.42 Å². The number of hydrogen-bond donors (Lipinski definition) is 0. The van der Waals surface area contributed by atoms with Crippen molar-refractivity contribution in [3.63, 3.8) is 0 Å². The van der Waals surface area contributed by atoms with Crippen LogP contribution in [0, 0.1) is 0 Å². The second-order valence-corrected chi connectivity index (χ2v) is 7.79. The highest BCUT2D eigenvalue weighted by Crippen LogP contribution is 2.26. The van der Waals surface area contributed by atoms with Gasteiger partial charge in [-0.1, -0.05) is 33.1 Å². The maximum atomic E-state index is 12.1. The third-order valence-corrected chi connectivity index (χ3v) is 4.42. The number of carbonyl (C=O) groups excluding carboxylic acids is 3. The minimum absolute atomic E-state index is 0.0532. The van der Waals surface area contributed by atoms with E-state index in [1.807, 2.05) is 0 Å². The van der Waals surface area contributed by atoms with E-state index < -0.39 is 33.6 Å². The fourth-order valence-corrected chi connectivity index (χ4v) is 2.83. The highest BCUT2D eigenvalue weighted by Gasteiger charge is 2.43. The average molecular weight is 399 g/mol. The number of ether oxygens (including phenoxy) is 3. The summed E-state index contributed by atoms with van der Waals surface area (Å²) in [4.78, 5) is 36.2. The largest absolute Gasteiger partial charge is 0.424 e. The summed E-state index contributed by atoms with van der Waals surface area (Å²) in [6.45, 7) is 17.5. The topological polar surface area (TPSA) is 88.1 Å². The van der Waals surface area contributed by atoms with Crippen LogP contribution in [-0.2, 0) is 33.0 Å². The lowest BCUT2D eigenvalue weighted by Crippen LogP contribution is -2.45. The molecule has 0 bridgehead atoms. The molecular formula is C19H30O7Si. The molecule has 0 rings (SSSR count). The maximum Gasteiger partial charge on any atom is 0.423 e. The molecule has 0 saturated heterocycles. The first-order valence-corrected chi connectivity index (χ1v) is 10.4. The van der Waals surface area contributed by atoms with Crippen LogP contribution < -0.4 is 0 Å². The zero-order valence-corrected chi connectivity index (χ0v) is 18.1. The van der Waals surface area contributed by atoms with E-state index >= 15 is 0 Å². The highest BCUT2D eigenvalue weighted by molar-refractivity contribution is 6.27. The number of esters is 3. The molecule has 0 unspecified atom stereocenters. The Kier molecular flexibility index (Phi) is 11.2. The summed E-state index contributed by atoms with van der Waals surface area (Å²) in [6, 6.07) is 0.445. The summed E-state index contributed by atoms with van der Waals surface area (Å²) < 4.78 is 21.3. The second kappa shape index (κ2) is 12.2. The Hall–Kier alpha value is -2.19. The van der Waals surface area contributed by atoms with Gasteiger partial charge in [0, 0.05) is 23.3 Å². The van der Waals surface area contributed by atoms with Crippen LogP contribution in [-0.4, -0.2) is 40.3 Å². The van der Waals surface area contributed by atoms with Gasteiger partial charge in [-0.05, 0) is 33.2 Å². The fraction of sp³-hybridized carbons (Fsp3) is 0.526. The molecule has 8 heteroatoms. The molecule has 152 valence electrons. The van der Waals surface area contributed by atoms with Crippen molar-refractivity contribution in [2.24, 2.45) is 0 Å². The third kappa shape index (κ3) is 9.91. The zero-order valence-electron chi connectivity index (χ0n) is 16.7. The van der Waals surface area contributed by atoms with E-state index in [9.17, 15) is 14.4 Å². The van der Waals surface area contributed by atoms with Crippen molar-refractivity contribution >= 4 is 27.7 Å². The van der Waals surface area contributed by atoms with Crippen molar-refractivity contribution in [1.82, 2.24) is 0 Å². The normalized spacial score (nSPS) is 11.1. The van der Waals surface area contributed by atoms with Crippen molar-refractivity contribution in [2.45, 2.75) is 59.0 Å². The highest BCUT2D eigenvalue weighted by atomic mass is 28.2. The van der Waals surface area contributed by atoms with E-state index in [-0.39, 0.29) is 23.1 Å². The van der Waals surface area contributed by atoms with Gasteiger partial charge in [-0.25, -0.2) is 14.4 Å². The molecule has 0 aliphatic rings. The molecule has 0 amide bonds. The van der Waals surface area contributed by atoms with Gasteiger partial charge in [-0.2, -0.15) is 0 Å². The van der Waals surface area contributed by atoms with Gasteiger partial charge in [0.1, 0.15) is 0 Å². The van der Waals surface area contributed by atoms with Crippen molar-refractivity contribution in [2.75, 3.05) is 6.61 Å². The van der Waals surface area contributed by atoms with Crippen molar-refractivity contribution in [3.8, 4) is 0 Å². The van der Waals surface area contributed by atoms with Gasteiger partial charge in [0.2, 0.25) is 0 Å². The molecule has 0 saturated carbocycles. The van der Waals surface area contributed by atoms with Crippen LogP contribution in [0.5, 0.6) is 0 Å². The minimum Gasteiger partial charge on any atom is -0.424 e. The van der Waals surface area contributed by atoms with Crippen LogP contribution in [0.1, 0.15) is 47.0 Å². The third-order valence-electron chi connectivity index (χ3n) is 3.20. The monoisotopic (exact) mass is 398 g/mol. The Morgan fingerprint density at radius 1 is 0.852 bits per heavy atom. The van der Waals surface area contributed by atoms with Crippen molar-refractivity contribution in [3.05, 3.63) is 36.5 Å². The Labute approximate surface area is 163 Å². The van der Waals surface area contributed by atoms with Crippen LogP contribution >= 0.6 is 0 Å². The number of carbonyl (C=O) groups is 3. The van der Waals surface area contributed by atoms with Gasteiger partial charge in [-0.15, -0.1) is 0 Å². The molecule has 0 N–H and O–H groups in total. The van der Waals surface area contributed by atoms with Crippen LogP contribution in [0.3, 0.4) is 0 Å². The molecule has 0 spiro atoms. The number of hydrogen-bond acceptors (Lipinski definition) is 7. The Morgan fingerprint density at radius 3 is 1.59 bits per heavy atom. The first-order chi connectivity index (χ1) is 12.5. The van der Waals surface area contributed by atoms with Crippen molar-refractivity contribution < 1.29 is 33.0 Å². The van der Waals surface area contributed by atoms with E-state index in [1.165, 1.54) is 20.8 Å². The Bertz CT molecular complexity index is 526. The molecule has 0 aromatic heterocycles. The summed E-state index contributed by atoms with van der Waals surface area (Å²) in [7, 11) is -0.990. The van der Waals surface area contributed by atoms with E-state index in [4.69, 9.17) is 18.6 Å². The Morgan fingerprint density at radius 2 is 1.26 bits per heavy atom. The SMILES string of the molecule is C=C(C)C(=O)OC(CC[SiH2]OCCCC)(OC(=O)C(=C)C)OC(=O)C(=C)C. The first-order valence-electron chi connectivity index (χ1n) is 8.79. The van der Waals surface area contributed by atoms with Gasteiger partial charge < -0.3 is 18.6 Å². The standard InChI is InChI=1S/C19H30O7Si/c1-8-9-11-23-27-12-10-19(24-16(20)13(2)3,25-17(21)14(4)5)26-18(22)15(6)7/h2,4,6,8-12,27H2,1,3,5,7H3. The second-order valence-electron chi connectivity index (χ2n) is 6.26. The molecule has 0 radical (unpaired) electrons. The van der Waals surface area contributed by atoms with Gasteiger partial charge in [-0.3, -0.25) is 0 Å². The minimum atomic E-state index is -2.22. The van der Waals surface area contributed by atoms with Gasteiger partial charge in [0.15, 0.2) is 9.76 Å². The van der Waals surface area contributed by atoms with Crippen LogP contribution in [0.25, 0.3) is 0 Å². The molecule has 0 fully saturated rings. The predicted octanol–water partition coefficient (Wildman–Crippen LogP) is 2.71. The molecule has 0 atom stereocenters. The molecule has 0 aliphatic carbocycles. The summed E-state index contributed by atoms with van der Waals surface area (Å²) >= 11 is 0. The molecule has 0 heterocycles. The van der Waals surface area contributed by atoms with Crippen LogP contribution in [0.2, 0.25) is 6.04 Å². The average Bonchev–Trinajstić information content (AvgIpc) is 2.57. The molecular weight excluding hydrogens is 368 g/mol. The zero-order chi connectivity index (χ0) is 21.0. The number of unbranched alkanes of at least 4 members (excludes halogenated alkanes) is 1. The van der Waals surface area contributed by atoms with Gasteiger partial charge >= 0.3 is 23.9 Å². The molecule has 0 aliphatic heterocycles. The van der Waals surface area contributed by atoms with E-state index in [2.05, 4.69) is 26.7 Å². The summed E-state index contributed by atoms with van der Waals surface area (Å²) in [5, 5.41) is 0.